The number of rotatable bonds is 6. The summed E-state index contributed by atoms with van der Waals surface area (Å²) in [5, 5.41) is 3.30. The lowest BCUT2D eigenvalue weighted by molar-refractivity contribution is -0.123. The summed E-state index contributed by atoms with van der Waals surface area (Å²) in [7, 11) is 0. The van der Waals surface area contributed by atoms with Gasteiger partial charge in [-0.1, -0.05) is 38.8 Å². The zero-order valence-corrected chi connectivity index (χ0v) is 17.1. The van der Waals surface area contributed by atoms with Crippen molar-refractivity contribution in [1.29, 1.82) is 0 Å². The van der Waals surface area contributed by atoms with Crippen LogP contribution in [0.15, 0.2) is 24.3 Å². The largest absolute Gasteiger partial charge is 0.492 e. The van der Waals surface area contributed by atoms with Crippen LogP contribution in [0, 0.1) is 11.8 Å². The molecule has 1 aromatic carbocycles. The molecule has 5 nitrogen and oxygen atoms in total. The lowest BCUT2D eigenvalue weighted by Crippen LogP contribution is -2.52. The average Bonchev–Trinajstić information content (AvgIpc) is 2.67. The molecule has 27 heavy (non-hydrogen) atoms. The van der Waals surface area contributed by atoms with Crippen molar-refractivity contribution in [2.45, 2.75) is 46.1 Å². The van der Waals surface area contributed by atoms with Crippen LogP contribution in [0.2, 0.25) is 0 Å². The Morgan fingerprint density at radius 1 is 1.15 bits per heavy atom. The fraction of sp³-hybridized carbons (Fsp3) is 0.682. The van der Waals surface area contributed by atoms with Gasteiger partial charge in [0.15, 0.2) is 0 Å². The molecule has 1 heterocycles. The SMILES string of the molecule is CCOc1ccccc1N1CCN(CC(=O)N[C@@H]2CCC[C@@H](C)[C@@H]2C)CC1. The first kappa shape index (κ1) is 20.0. The molecule has 1 N–H and O–H groups in total. The Morgan fingerprint density at radius 3 is 2.63 bits per heavy atom. The molecule has 5 heteroatoms. The first-order valence-corrected chi connectivity index (χ1v) is 10.6. The molecule has 3 atom stereocenters. The standard InChI is InChI=1S/C22H35N3O2/c1-4-27-21-11-6-5-10-20(21)25-14-12-24(13-15-25)16-22(26)23-19-9-7-8-17(2)18(19)3/h5-6,10-11,17-19H,4,7-9,12-16H2,1-3H3,(H,23,26)/t17-,18+,19-/m1/s1. The molecular weight excluding hydrogens is 338 g/mol. The van der Waals surface area contributed by atoms with E-state index in [1.165, 1.54) is 12.8 Å². The van der Waals surface area contributed by atoms with Crippen LogP contribution < -0.4 is 15.0 Å². The van der Waals surface area contributed by atoms with Gasteiger partial charge in [0, 0.05) is 32.2 Å². The van der Waals surface area contributed by atoms with E-state index >= 15 is 0 Å². The minimum atomic E-state index is 0.184. The molecule has 2 fully saturated rings. The van der Waals surface area contributed by atoms with E-state index in [0.717, 1.165) is 44.0 Å². The molecule has 1 aliphatic carbocycles. The summed E-state index contributed by atoms with van der Waals surface area (Å²) >= 11 is 0. The summed E-state index contributed by atoms with van der Waals surface area (Å²) in [6.45, 7) is 11.5. The molecule has 0 radical (unpaired) electrons. The minimum absolute atomic E-state index is 0.184. The van der Waals surface area contributed by atoms with Crippen molar-refractivity contribution in [2.75, 3.05) is 44.2 Å². The average molecular weight is 374 g/mol. The van der Waals surface area contributed by atoms with E-state index in [4.69, 9.17) is 4.74 Å². The molecule has 1 aliphatic heterocycles. The highest BCUT2D eigenvalue weighted by atomic mass is 16.5. The number of hydrogen-bond acceptors (Lipinski definition) is 4. The maximum atomic E-state index is 12.5. The zero-order chi connectivity index (χ0) is 19.2. The Bertz CT molecular complexity index is 613. The number of piperazine rings is 1. The van der Waals surface area contributed by atoms with Gasteiger partial charge >= 0.3 is 0 Å². The summed E-state index contributed by atoms with van der Waals surface area (Å²) in [5.74, 6) is 2.42. The number of carbonyl (C=O) groups excluding carboxylic acids is 1. The number of para-hydroxylation sites is 2. The summed E-state index contributed by atoms with van der Waals surface area (Å²) < 4.78 is 5.77. The number of amides is 1. The van der Waals surface area contributed by atoms with E-state index in [1.807, 2.05) is 19.1 Å². The summed E-state index contributed by atoms with van der Waals surface area (Å²) in [5.41, 5.74) is 1.16. The Hall–Kier alpha value is -1.75. The van der Waals surface area contributed by atoms with Crippen LogP contribution in [0.25, 0.3) is 0 Å². The van der Waals surface area contributed by atoms with Gasteiger partial charge in [0.25, 0.3) is 0 Å². The van der Waals surface area contributed by atoms with E-state index < -0.39 is 0 Å². The van der Waals surface area contributed by atoms with Crippen molar-refractivity contribution < 1.29 is 9.53 Å². The topological polar surface area (TPSA) is 44.8 Å². The monoisotopic (exact) mass is 373 g/mol. The third-order valence-corrected chi connectivity index (χ3v) is 6.30. The van der Waals surface area contributed by atoms with Gasteiger partial charge in [-0.05, 0) is 37.3 Å². The number of nitrogens with one attached hydrogen (secondary N) is 1. The smallest absolute Gasteiger partial charge is 0.234 e. The lowest BCUT2D eigenvalue weighted by atomic mass is 9.78. The first-order chi connectivity index (χ1) is 13.1. The Labute approximate surface area is 164 Å². The van der Waals surface area contributed by atoms with Gasteiger partial charge < -0.3 is 15.0 Å². The van der Waals surface area contributed by atoms with E-state index in [0.29, 0.717) is 31.0 Å². The molecule has 1 saturated heterocycles. The van der Waals surface area contributed by atoms with Gasteiger partial charge in [-0.15, -0.1) is 0 Å². The van der Waals surface area contributed by atoms with Crippen molar-refractivity contribution in [1.82, 2.24) is 10.2 Å². The molecule has 1 saturated carbocycles. The van der Waals surface area contributed by atoms with Crippen molar-refractivity contribution in [3.63, 3.8) is 0 Å². The highest BCUT2D eigenvalue weighted by Crippen LogP contribution is 2.30. The van der Waals surface area contributed by atoms with E-state index in [-0.39, 0.29) is 5.91 Å². The lowest BCUT2D eigenvalue weighted by Gasteiger charge is -2.37. The second-order valence-corrected chi connectivity index (χ2v) is 8.11. The van der Waals surface area contributed by atoms with Crippen LogP contribution in [-0.4, -0.2) is 56.2 Å². The van der Waals surface area contributed by atoms with Gasteiger partial charge in [-0.3, -0.25) is 9.69 Å². The Morgan fingerprint density at radius 2 is 1.89 bits per heavy atom. The van der Waals surface area contributed by atoms with Crippen molar-refractivity contribution >= 4 is 11.6 Å². The van der Waals surface area contributed by atoms with Gasteiger partial charge in [-0.25, -0.2) is 0 Å². The molecule has 1 aromatic rings. The number of carbonyl (C=O) groups is 1. The zero-order valence-electron chi connectivity index (χ0n) is 17.1. The van der Waals surface area contributed by atoms with Crippen LogP contribution in [-0.2, 0) is 4.79 Å². The molecular formula is C22H35N3O2. The van der Waals surface area contributed by atoms with Gasteiger partial charge in [0.1, 0.15) is 5.75 Å². The maximum Gasteiger partial charge on any atom is 0.234 e. The summed E-state index contributed by atoms with van der Waals surface area (Å²) in [4.78, 5) is 17.2. The normalized spacial score (nSPS) is 26.6. The van der Waals surface area contributed by atoms with Crippen LogP contribution >= 0.6 is 0 Å². The molecule has 1 amide bonds. The molecule has 0 bridgehead atoms. The van der Waals surface area contributed by atoms with Crippen LogP contribution in [0.4, 0.5) is 5.69 Å². The molecule has 0 spiro atoms. The van der Waals surface area contributed by atoms with Crippen LogP contribution in [0.1, 0.15) is 40.0 Å². The second-order valence-electron chi connectivity index (χ2n) is 8.11. The third kappa shape index (κ3) is 5.16. The van der Waals surface area contributed by atoms with E-state index in [1.54, 1.807) is 0 Å². The van der Waals surface area contributed by atoms with Crippen molar-refractivity contribution in [3.05, 3.63) is 24.3 Å². The number of ether oxygens (including phenoxy) is 1. The molecule has 3 rings (SSSR count). The number of benzene rings is 1. The number of hydrogen-bond donors (Lipinski definition) is 1. The summed E-state index contributed by atoms with van der Waals surface area (Å²) in [6.07, 6.45) is 3.65. The molecule has 2 aliphatic rings. The second kappa shape index (κ2) is 9.45. The van der Waals surface area contributed by atoms with E-state index in [2.05, 4.69) is 41.1 Å². The van der Waals surface area contributed by atoms with Crippen LogP contribution in [0.5, 0.6) is 5.75 Å². The number of nitrogens with zero attached hydrogens (tertiary/aromatic N) is 2. The predicted molar refractivity (Wildman–Crippen MR) is 110 cm³/mol. The maximum absolute atomic E-state index is 12.5. The highest BCUT2D eigenvalue weighted by molar-refractivity contribution is 5.78. The fourth-order valence-electron chi connectivity index (χ4n) is 4.38. The summed E-state index contributed by atoms with van der Waals surface area (Å²) in [6, 6.07) is 8.58. The molecule has 0 aromatic heterocycles. The van der Waals surface area contributed by atoms with Crippen molar-refractivity contribution in [2.24, 2.45) is 11.8 Å². The Balaban J connectivity index is 1.47. The van der Waals surface area contributed by atoms with Gasteiger partial charge in [0.05, 0.1) is 18.8 Å². The minimum Gasteiger partial charge on any atom is -0.492 e. The number of anilines is 1. The van der Waals surface area contributed by atoms with Gasteiger partial charge in [0.2, 0.25) is 5.91 Å². The van der Waals surface area contributed by atoms with Crippen LogP contribution in [0.3, 0.4) is 0 Å². The predicted octanol–water partition coefficient (Wildman–Crippen LogP) is 3.15. The molecule has 0 unspecified atom stereocenters. The molecule has 150 valence electrons. The van der Waals surface area contributed by atoms with Gasteiger partial charge in [-0.2, -0.15) is 0 Å². The first-order valence-electron chi connectivity index (χ1n) is 10.6. The fourth-order valence-corrected chi connectivity index (χ4v) is 4.38. The third-order valence-electron chi connectivity index (χ3n) is 6.30. The Kier molecular flexibility index (Phi) is 7.00. The van der Waals surface area contributed by atoms with E-state index in [9.17, 15) is 4.79 Å². The highest BCUT2D eigenvalue weighted by Gasteiger charge is 2.29. The van der Waals surface area contributed by atoms with Crippen molar-refractivity contribution in [3.8, 4) is 5.75 Å². The quantitative estimate of drug-likeness (QED) is 0.832.